The van der Waals surface area contributed by atoms with Gasteiger partial charge in [-0.3, -0.25) is 4.79 Å². The van der Waals surface area contributed by atoms with Gasteiger partial charge in [0.25, 0.3) is 0 Å². The van der Waals surface area contributed by atoms with Gasteiger partial charge in [0, 0.05) is 11.6 Å². The molecule has 0 aliphatic heterocycles. The van der Waals surface area contributed by atoms with Crippen LogP contribution in [0.4, 0.5) is 24.5 Å². The lowest BCUT2D eigenvalue weighted by molar-refractivity contribution is -0.137. The molecule has 1 aromatic rings. The number of nitroso groups, excluding NO2 is 1. The highest BCUT2D eigenvalue weighted by Gasteiger charge is 2.34. The second kappa shape index (κ2) is 5.16. The fourth-order valence-corrected chi connectivity index (χ4v) is 1.21. The van der Waals surface area contributed by atoms with E-state index in [1.807, 2.05) is 0 Å². The minimum atomic E-state index is -4.69. The number of hydrogen-bond donors (Lipinski definition) is 1. The molecule has 0 unspecified atom stereocenters. The molecule has 0 saturated heterocycles. The Labute approximate surface area is 101 Å². The van der Waals surface area contributed by atoms with Gasteiger partial charge in [-0.25, -0.2) is 0 Å². The molecule has 0 aliphatic rings. The summed E-state index contributed by atoms with van der Waals surface area (Å²) in [5, 5.41) is 4.63. The highest BCUT2D eigenvalue weighted by atomic mass is 19.4. The lowest BCUT2D eigenvalue weighted by Gasteiger charge is -2.12. The van der Waals surface area contributed by atoms with Gasteiger partial charge in [0.1, 0.15) is 5.69 Å². The van der Waals surface area contributed by atoms with Crippen LogP contribution in [0.15, 0.2) is 23.4 Å². The number of halogens is 3. The molecule has 1 aromatic carbocycles. The van der Waals surface area contributed by atoms with Crippen LogP contribution in [0.1, 0.15) is 19.4 Å². The highest BCUT2D eigenvalue weighted by molar-refractivity contribution is 5.92. The molecule has 0 heterocycles. The maximum atomic E-state index is 12.6. The molecule has 1 rings (SSSR count). The number of carbonyl (C=O) groups is 1. The lowest BCUT2D eigenvalue weighted by atomic mass is 10.1. The van der Waals surface area contributed by atoms with Crippen molar-refractivity contribution >= 4 is 17.3 Å². The molecule has 18 heavy (non-hydrogen) atoms. The minimum Gasteiger partial charge on any atom is -0.326 e. The molecule has 7 heteroatoms. The van der Waals surface area contributed by atoms with Crippen molar-refractivity contribution in [3.8, 4) is 0 Å². The molecule has 0 bridgehead atoms. The molecule has 0 spiro atoms. The zero-order chi connectivity index (χ0) is 13.9. The van der Waals surface area contributed by atoms with E-state index in [1.165, 1.54) is 6.07 Å². The van der Waals surface area contributed by atoms with Crippen LogP contribution in [0.5, 0.6) is 0 Å². The van der Waals surface area contributed by atoms with Crippen LogP contribution in [0.3, 0.4) is 0 Å². The predicted molar refractivity (Wildman–Crippen MR) is 60.4 cm³/mol. The Balaban J connectivity index is 3.11. The number of anilines is 1. The summed E-state index contributed by atoms with van der Waals surface area (Å²) in [6, 6.07) is 2.81. The number of nitrogens with zero attached hydrogens (tertiary/aromatic N) is 1. The molecule has 0 aliphatic carbocycles. The van der Waals surface area contributed by atoms with E-state index in [0.717, 1.165) is 6.07 Å². The van der Waals surface area contributed by atoms with Crippen LogP contribution >= 0.6 is 0 Å². The SMILES string of the molecule is CC(C)C(=O)Nc1ccc(N=O)c(C(F)(F)F)c1. The Morgan fingerprint density at radius 2 is 1.94 bits per heavy atom. The summed E-state index contributed by atoms with van der Waals surface area (Å²) in [6.45, 7) is 3.22. The van der Waals surface area contributed by atoms with E-state index in [-0.39, 0.29) is 11.6 Å². The standard InChI is InChI=1S/C11H11F3N2O2/c1-6(2)10(17)15-7-3-4-9(16-18)8(5-7)11(12,13)14/h3-6H,1-2H3,(H,15,17). The van der Waals surface area contributed by atoms with Gasteiger partial charge in [-0.1, -0.05) is 13.8 Å². The van der Waals surface area contributed by atoms with Gasteiger partial charge in [-0.15, -0.1) is 4.91 Å². The Bertz CT molecular complexity index is 470. The van der Waals surface area contributed by atoms with E-state index in [4.69, 9.17) is 0 Å². The van der Waals surface area contributed by atoms with E-state index in [2.05, 4.69) is 10.5 Å². The van der Waals surface area contributed by atoms with Crippen molar-refractivity contribution in [3.63, 3.8) is 0 Å². The van der Waals surface area contributed by atoms with Gasteiger partial charge < -0.3 is 5.32 Å². The first-order chi connectivity index (χ1) is 8.25. The molecule has 0 aromatic heterocycles. The Morgan fingerprint density at radius 3 is 2.39 bits per heavy atom. The monoisotopic (exact) mass is 260 g/mol. The largest absolute Gasteiger partial charge is 0.418 e. The summed E-state index contributed by atoms with van der Waals surface area (Å²) >= 11 is 0. The molecule has 0 atom stereocenters. The Morgan fingerprint density at radius 1 is 1.33 bits per heavy atom. The van der Waals surface area contributed by atoms with Crippen LogP contribution in [0.2, 0.25) is 0 Å². The zero-order valence-corrected chi connectivity index (χ0v) is 9.71. The molecular formula is C11H11F3N2O2. The quantitative estimate of drug-likeness (QED) is 0.842. The third kappa shape index (κ3) is 3.28. The van der Waals surface area contributed by atoms with E-state index >= 15 is 0 Å². The summed E-state index contributed by atoms with van der Waals surface area (Å²) < 4.78 is 37.8. The number of nitrogens with one attached hydrogen (secondary N) is 1. The normalized spacial score (nSPS) is 11.4. The minimum absolute atomic E-state index is 0.0200. The van der Waals surface area contributed by atoms with Crippen molar-refractivity contribution in [1.82, 2.24) is 0 Å². The first-order valence-corrected chi connectivity index (χ1v) is 5.11. The van der Waals surface area contributed by atoms with Crippen molar-refractivity contribution in [2.24, 2.45) is 11.1 Å². The molecule has 0 fully saturated rings. The lowest BCUT2D eigenvalue weighted by Crippen LogP contribution is -2.18. The van der Waals surface area contributed by atoms with Gasteiger partial charge >= 0.3 is 6.18 Å². The summed E-state index contributed by atoms with van der Waals surface area (Å²) in [4.78, 5) is 21.6. The third-order valence-corrected chi connectivity index (χ3v) is 2.19. The molecule has 1 amide bonds. The summed E-state index contributed by atoms with van der Waals surface area (Å²) in [5.41, 5.74) is -1.89. The van der Waals surface area contributed by atoms with E-state index in [0.29, 0.717) is 6.07 Å². The van der Waals surface area contributed by atoms with Gasteiger partial charge in [-0.2, -0.15) is 13.2 Å². The van der Waals surface area contributed by atoms with Gasteiger partial charge in [0.05, 0.1) is 5.56 Å². The summed E-state index contributed by atoms with van der Waals surface area (Å²) in [5.74, 6) is -0.766. The van der Waals surface area contributed by atoms with Gasteiger partial charge in [0.15, 0.2) is 0 Å². The van der Waals surface area contributed by atoms with Crippen LogP contribution in [-0.2, 0) is 11.0 Å². The van der Waals surface area contributed by atoms with E-state index in [1.54, 1.807) is 13.8 Å². The maximum Gasteiger partial charge on any atom is 0.418 e. The smallest absolute Gasteiger partial charge is 0.326 e. The fraction of sp³-hybridized carbons (Fsp3) is 0.364. The molecular weight excluding hydrogens is 249 g/mol. The average Bonchev–Trinajstić information content (AvgIpc) is 2.27. The number of rotatable bonds is 3. The number of benzene rings is 1. The highest BCUT2D eigenvalue weighted by Crippen LogP contribution is 2.37. The second-order valence-electron chi connectivity index (χ2n) is 3.96. The number of amides is 1. The number of alkyl halides is 3. The van der Waals surface area contributed by atoms with Crippen molar-refractivity contribution in [3.05, 3.63) is 28.7 Å². The van der Waals surface area contributed by atoms with Gasteiger partial charge in [0.2, 0.25) is 5.91 Å². The number of hydrogen-bond acceptors (Lipinski definition) is 3. The molecule has 4 nitrogen and oxygen atoms in total. The molecule has 1 N–H and O–H groups in total. The second-order valence-corrected chi connectivity index (χ2v) is 3.96. The van der Waals surface area contributed by atoms with Crippen LogP contribution in [-0.4, -0.2) is 5.91 Å². The summed E-state index contributed by atoms with van der Waals surface area (Å²) in [7, 11) is 0. The van der Waals surface area contributed by atoms with Crippen molar-refractivity contribution in [1.29, 1.82) is 0 Å². The third-order valence-electron chi connectivity index (χ3n) is 2.19. The van der Waals surface area contributed by atoms with Crippen molar-refractivity contribution < 1.29 is 18.0 Å². The topological polar surface area (TPSA) is 58.5 Å². The van der Waals surface area contributed by atoms with Crippen molar-refractivity contribution in [2.75, 3.05) is 5.32 Å². The Kier molecular flexibility index (Phi) is 4.05. The molecule has 98 valence electrons. The van der Waals surface area contributed by atoms with Crippen LogP contribution in [0.25, 0.3) is 0 Å². The van der Waals surface area contributed by atoms with Crippen molar-refractivity contribution in [2.45, 2.75) is 20.0 Å². The Hall–Kier alpha value is -1.92. The number of carbonyl (C=O) groups excluding carboxylic acids is 1. The van der Waals surface area contributed by atoms with E-state index < -0.39 is 23.3 Å². The van der Waals surface area contributed by atoms with Crippen LogP contribution < -0.4 is 5.32 Å². The zero-order valence-electron chi connectivity index (χ0n) is 9.71. The first kappa shape index (κ1) is 14.1. The average molecular weight is 260 g/mol. The molecule has 0 saturated carbocycles. The summed E-state index contributed by atoms with van der Waals surface area (Å²) in [6.07, 6.45) is -4.69. The predicted octanol–water partition coefficient (Wildman–Crippen LogP) is 3.70. The van der Waals surface area contributed by atoms with Crippen LogP contribution in [0, 0.1) is 10.8 Å². The maximum absolute atomic E-state index is 12.6. The first-order valence-electron chi connectivity index (χ1n) is 5.11. The van der Waals surface area contributed by atoms with Gasteiger partial charge in [-0.05, 0) is 23.4 Å². The molecule has 0 radical (unpaired) electrons. The van der Waals surface area contributed by atoms with E-state index in [9.17, 15) is 22.9 Å². The fourth-order valence-electron chi connectivity index (χ4n) is 1.21.